The molecule has 0 aliphatic heterocycles. The number of hydrogen-bond acceptors (Lipinski definition) is 6. The molecule has 1 atom stereocenters. The first-order valence-corrected chi connectivity index (χ1v) is 10.4. The highest BCUT2D eigenvalue weighted by molar-refractivity contribution is 5.92. The predicted octanol–water partition coefficient (Wildman–Crippen LogP) is 4.69. The van der Waals surface area contributed by atoms with Crippen molar-refractivity contribution in [3.63, 3.8) is 0 Å². The largest absolute Gasteiger partial charge is 0.465 e. The molecule has 0 radical (unpaired) electrons. The molecule has 0 saturated carbocycles. The maximum Gasteiger partial charge on any atom is 0.337 e. The van der Waals surface area contributed by atoms with E-state index in [9.17, 15) is 9.18 Å². The van der Waals surface area contributed by atoms with Crippen LogP contribution in [0.4, 0.5) is 10.2 Å². The minimum atomic E-state index is -0.400. The van der Waals surface area contributed by atoms with Gasteiger partial charge in [0.25, 0.3) is 0 Å². The lowest BCUT2D eigenvalue weighted by Crippen LogP contribution is -2.10. The summed E-state index contributed by atoms with van der Waals surface area (Å²) < 4.78 is 19.9. The molecule has 4 aromatic rings. The molecule has 7 nitrogen and oxygen atoms in total. The molecule has 2 aromatic heterocycles. The molecule has 164 valence electrons. The molecular weight excluding hydrogens is 409 g/mol. The van der Waals surface area contributed by atoms with Crippen molar-refractivity contribution in [2.75, 3.05) is 12.4 Å². The Kier molecular flexibility index (Phi) is 5.85. The fourth-order valence-electron chi connectivity index (χ4n) is 3.62. The second-order valence-electron chi connectivity index (χ2n) is 7.50. The Morgan fingerprint density at radius 3 is 2.44 bits per heavy atom. The second kappa shape index (κ2) is 8.74. The second-order valence-corrected chi connectivity index (χ2v) is 7.50. The van der Waals surface area contributed by atoms with Gasteiger partial charge >= 0.3 is 5.97 Å². The van der Waals surface area contributed by atoms with Crippen LogP contribution in [0.15, 0.2) is 48.5 Å². The summed E-state index contributed by atoms with van der Waals surface area (Å²) in [6.07, 6.45) is 0.730. The minimum Gasteiger partial charge on any atom is -0.465 e. The van der Waals surface area contributed by atoms with Crippen molar-refractivity contribution in [1.29, 1.82) is 0 Å². The summed E-state index contributed by atoms with van der Waals surface area (Å²) in [6.45, 7) is 4.03. The van der Waals surface area contributed by atoms with Gasteiger partial charge in [-0.15, -0.1) is 0 Å². The van der Waals surface area contributed by atoms with Crippen LogP contribution in [-0.4, -0.2) is 32.8 Å². The first-order chi connectivity index (χ1) is 15.4. The van der Waals surface area contributed by atoms with Gasteiger partial charge in [0.15, 0.2) is 11.5 Å². The normalized spacial score (nSPS) is 12.0. The molecule has 0 saturated heterocycles. The Balaban J connectivity index is 1.79. The smallest absolute Gasteiger partial charge is 0.337 e. The Hall–Kier alpha value is -3.81. The molecular formula is C24H24FN5O2. The number of anilines is 1. The number of carbonyl (C=O) groups excluding carboxylic acids is 1. The number of ether oxygens (including phenoxy) is 1. The molecule has 0 unspecified atom stereocenters. The SMILES string of the molecule is CCc1nn(C)c2nc(-c3ccc(C(=O)OC)cc3)nc(N[C@H](C)c3ccc(F)cc3)c12. The van der Waals surface area contributed by atoms with E-state index < -0.39 is 5.97 Å². The number of fused-ring (bicyclic) bond motifs is 1. The maximum atomic E-state index is 13.3. The molecule has 0 fully saturated rings. The van der Waals surface area contributed by atoms with Crippen LogP contribution in [0.5, 0.6) is 0 Å². The third-order valence-electron chi connectivity index (χ3n) is 5.38. The number of nitrogens with one attached hydrogen (secondary N) is 1. The van der Waals surface area contributed by atoms with E-state index in [0.717, 1.165) is 28.6 Å². The molecule has 0 aliphatic carbocycles. The highest BCUT2D eigenvalue weighted by Gasteiger charge is 2.19. The Bertz CT molecular complexity index is 1270. The van der Waals surface area contributed by atoms with Crippen molar-refractivity contribution in [2.45, 2.75) is 26.3 Å². The monoisotopic (exact) mass is 433 g/mol. The van der Waals surface area contributed by atoms with Gasteiger partial charge in [0.05, 0.1) is 23.8 Å². The van der Waals surface area contributed by atoms with Crippen molar-refractivity contribution in [1.82, 2.24) is 19.7 Å². The molecule has 2 aromatic carbocycles. The van der Waals surface area contributed by atoms with Gasteiger partial charge in [-0.25, -0.2) is 23.8 Å². The van der Waals surface area contributed by atoms with E-state index in [-0.39, 0.29) is 11.9 Å². The van der Waals surface area contributed by atoms with Crippen molar-refractivity contribution in [3.05, 3.63) is 71.2 Å². The lowest BCUT2D eigenvalue weighted by molar-refractivity contribution is 0.0600. The Labute approximate surface area is 185 Å². The lowest BCUT2D eigenvalue weighted by atomic mass is 10.1. The number of halogens is 1. The summed E-state index contributed by atoms with van der Waals surface area (Å²) in [5.74, 6) is 0.489. The van der Waals surface area contributed by atoms with E-state index in [4.69, 9.17) is 14.7 Å². The average molecular weight is 433 g/mol. The van der Waals surface area contributed by atoms with E-state index >= 15 is 0 Å². The molecule has 32 heavy (non-hydrogen) atoms. The van der Waals surface area contributed by atoms with Crippen LogP contribution in [-0.2, 0) is 18.2 Å². The van der Waals surface area contributed by atoms with Gasteiger partial charge in [-0.05, 0) is 43.2 Å². The van der Waals surface area contributed by atoms with Crippen LogP contribution < -0.4 is 5.32 Å². The van der Waals surface area contributed by atoms with Crippen molar-refractivity contribution < 1.29 is 13.9 Å². The summed E-state index contributed by atoms with van der Waals surface area (Å²) in [4.78, 5) is 21.3. The van der Waals surface area contributed by atoms with Gasteiger partial charge in [-0.1, -0.05) is 31.2 Å². The highest BCUT2D eigenvalue weighted by Crippen LogP contribution is 2.30. The number of aryl methyl sites for hydroxylation is 2. The van der Waals surface area contributed by atoms with E-state index in [0.29, 0.717) is 22.9 Å². The summed E-state index contributed by atoms with van der Waals surface area (Å²) in [5.41, 5.74) is 3.75. The number of nitrogens with zero attached hydrogens (tertiary/aromatic N) is 4. The third kappa shape index (κ3) is 4.03. The molecule has 0 aliphatic rings. The van der Waals surface area contributed by atoms with Crippen LogP contribution in [0.3, 0.4) is 0 Å². The molecule has 0 spiro atoms. The van der Waals surface area contributed by atoms with Crippen molar-refractivity contribution >= 4 is 22.8 Å². The zero-order valence-corrected chi connectivity index (χ0v) is 18.4. The molecule has 1 N–H and O–H groups in total. The zero-order valence-electron chi connectivity index (χ0n) is 18.4. The zero-order chi connectivity index (χ0) is 22.8. The van der Waals surface area contributed by atoms with Gasteiger partial charge in [-0.3, -0.25) is 0 Å². The fraction of sp³-hybridized carbons (Fsp3) is 0.250. The quantitative estimate of drug-likeness (QED) is 0.444. The standard InChI is InChI=1S/C24H24FN5O2/c1-5-19-20-22(26-14(2)15-10-12-18(25)13-11-15)27-21(28-23(20)30(3)29-19)16-6-8-17(9-7-16)24(31)32-4/h6-14H,5H2,1-4H3,(H,26,27,28)/t14-/m1/s1. The predicted molar refractivity (Wildman–Crippen MR) is 121 cm³/mol. The van der Waals surface area contributed by atoms with Gasteiger partial charge in [0.2, 0.25) is 0 Å². The summed E-state index contributed by atoms with van der Waals surface area (Å²) >= 11 is 0. The fourth-order valence-corrected chi connectivity index (χ4v) is 3.62. The summed E-state index contributed by atoms with van der Waals surface area (Å²) in [6, 6.07) is 13.2. The maximum absolute atomic E-state index is 13.3. The third-order valence-corrected chi connectivity index (χ3v) is 5.38. The molecule has 8 heteroatoms. The van der Waals surface area contributed by atoms with Gasteiger partial charge in [0, 0.05) is 18.7 Å². The molecule has 0 amide bonds. The number of aromatic nitrogens is 4. The van der Waals surface area contributed by atoms with Crippen LogP contribution in [0.25, 0.3) is 22.4 Å². The Morgan fingerprint density at radius 2 is 1.81 bits per heavy atom. The van der Waals surface area contributed by atoms with E-state index in [1.165, 1.54) is 19.2 Å². The van der Waals surface area contributed by atoms with E-state index in [1.54, 1.807) is 41.1 Å². The van der Waals surface area contributed by atoms with Crippen LogP contribution in [0.2, 0.25) is 0 Å². The van der Waals surface area contributed by atoms with Crippen molar-refractivity contribution in [2.24, 2.45) is 7.05 Å². The van der Waals surface area contributed by atoms with Crippen LogP contribution in [0.1, 0.15) is 41.5 Å². The topological polar surface area (TPSA) is 81.9 Å². The van der Waals surface area contributed by atoms with Gasteiger partial charge < -0.3 is 10.1 Å². The minimum absolute atomic E-state index is 0.117. The highest BCUT2D eigenvalue weighted by atomic mass is 19.1. The molecule has 4 rings (SSSR count). The van der Waals surface area contributed by atoms with E-state index in [2.05, 4.69) is 10.4 Å². The summed E-state index contributed by atoms with van der Waals surface area (Å²) in [7, 11) is 3.20. The Morgan fingerprint density at radius 1 is 1.12 bits per heavy atom. The first kappa shape index (κ1) is 21.4. The molecule has 2 heterocycles. The number of esters is 1. The molecule has 0 bridgehead atoms. The number of hydrogen-bond donors (Lipinski definition) is 1. The van der Waals surface area contributed by atoms with E-state index in [1.807, 2.05) is 20.9 Å². The number of rotatable bonds is 6. The summed E-state index contributed by atoms with van der Waals surface area (Å²) in [5, 5.41) is 8.92. The van der Waals surface area contributed by atoms with Gasteiger partial charge in [0.1, 0.15) is 11.6 Å². The first-order valence-electron chi connectivity index (χ1n) is 10.4. The number of benzene rings is 2. The number of carbonyl (C=O) groups is 1. The lowest BCUT2D eigenvalue weighted by Gasteiger charge is -2.17. The van der Waals surface area contributed by atoms with Crippen LogP contribution in [0, 0.1) is 5.82 Å². The number of methoxy groups -OCH3 is 1. The van der Waals surface area contributed by atoms with Gasteiger partial charge in [-0.2, -0.15) is 5.10 Å². The average Bonchev–Trinajstić information content (AvgIpc) is 3.15. The van der Waals surface area contributed by atoms with Crippen LogP contribution >= 0.6 is 0 Å². The van der Waals surface area contributed by atoms with Crippen molar-refractivity contribution in [3.8, 4) is 11.4 Å².